The van der Waals surface area contributed by atoms with E-state index in [2.05, 4.69) is 20.1 Å². The highest BCUT2D eigenvalue weighted by atomic mass is 16.5. The number of carbonyl (C=O) groups is 1. The predicted octanol–water partition coefficient (Wildman–Crippen LogP) is 0.187. The summed E-state index contributed by atoms with van der Waals surface area (Å²) >= 11 is 0. The van der Waals surface area contributed by atoms with E-state index in [1.807, 2.05) is 13.2 Å². The molecule has 2 aromatic rings. The molecule has 0 saturated heterocycles. The van der Waals surface area contributed by atoms with Gasteiger partial charge in [0, 0.05) is 26.9 Å². The Morgan fingerprint density at radius 3 is 2.80 bits per heavy atom. The maximum absolute atomic E-state index is 11.6. The maximum atomic E-state index is 11.6. The Bertz CT molecular complexity index is 590. The zero-order valence-electron chi connectivity index (χ0n) is 11.7. The minimum absolute atomic E-state index is 0.195. The van der Waals surface area contributed by atoms with Gasteiger partial charge in [-0.25, -0.2) is 9.48 Å². The predicted molar refractivity (Wildman–Crippen MR) is 69.0 cm³/mol. The molecule has 0 N–H and O–H groups in total. The second kappa shape index (κ2) is 6.29. The van der Waals surface area contributed by atoms with E-state index in [4.69, 9.17) is 4.74 Å². The molecule has 0 radical (unpaired) electrons. The van der Waals surface area contributed by atoms with Crippen molar-refractivity contribution in [2.45, 2.75) is 19.6 Å². The van der Waals surface area contributed by atoms with E-state index in [1.54, 1.807) is 22.7 Å². The number of carbonyl (C=O) groups excluding carboxylic acids is 1. The Morgan fingerprint density at radius 2 is 2.20 bits per heavy atom. The third-order valence-corrected chi connectivity index (χ3v) is 2.87. The maximum Gasteiger partial charge on any atom is 0.360 e. The molecule has 20 heavy (non-hydrogen) atoms. The number of hydrogen-bond donors (Lipinski definition) is 0. The van der Waals surface area contributed by atoms with Crippen LogP contribution in [0.5, 0.6) is 0 Å². The van der Waals surface area contributed by atoms with Crippen LogP contribution in [0.2, 0.25) is 0 Å². The molecule has 0 aromatic carbocycles. The van der Waals surface area contributed by atoms with Crippen molar-refractivity contribution in [3.63, 3.8) is 0 Å². The van der Waals surface area contributed by atoms with Gasteiger partial charge in [0.2, 0.25) is 0 Å². The van der Waals surface area contributed by atoms with E-state index in [9.17, 15) is 4.79 Å². The molecule has 2 aromatic heterocycles. The first-order chi connectivity index (χ1) is 9.65. The van der Waals surface area contributed by atoms with Crippen LogP contribution in [0.15, 0.2) is 12.4 Å². The third kappa shape index (κ3) is 3.02. The van der Waals surface area contributed by atoms with E-state index < -0.39 is 5.97 Å². The van der Waals surface area contributed by atoms with Crippen molar-refractivity contribution in [3.8, 4) is 0 Å². The van der Waals surface area contributed by atoms with Crippen LogP contribution in [0.1, 0.15) is 21.7 Å². The van der Waals surface area contributed by atoms with Crippen LogP contribution < -0.4 is 0 Å². The molecule has 0 aliphatic carbocycles. The van der Waals surface area contributed by atoms with Crippen LogP contribution in [0.3, 0.4) is 0 Å². The smallest absolute Gasteiger partial charge is 0.360 e. The van der Waals surface area contributed by atoms with Gasteiger partial charge in [-0.3, -0.25) is 4.68 Å². The summed E-state index contributed by atoms with van der Waals surface area (Å²) in [7, 11) is 4.73. The summed E-state index contributed by atoms with van der Waals surface area (Å²) < 4.78 is 13.2. The molecule has 0 aliphatic heterocycles. The first kappa shape index (κ1) is 14.2. The Morgan fingerprint density at radius 1 is 1.40 bits per heavy atom. The number of aromatic nitrogens is 5. The van der Waals surface area contributed by atoms with Gasteiger partial charge in [0.05, 0.1) is 25.6 Å². The normalized spacial score (nSPS) is 10.8. The highest BCUT2D eigenvalue weighted by Gasteiger charge is 2.20. The molecule has 2 rings (SSSR count). The van der Waals surface area contributed by atoms with Gasteiger partial charge in [-0.2, -0.15) is 5.10 Å². The summed E-state index contributed by atoms with van der Waals surface area (Å²) in [6, 6.07) is 0. The fourth-order valence-corrected chi connectivity index (χ4v) is 1.88. The number of ether oxygens (including phenoxy) is 2. The van der Waals surface area contributed by atoms with Crippen molar-refractivity contribution in [3.05, 3.63) is 29.3 Å². The molecule has 0 aliphatic rings. The molecule has 0 unspecified atom stereocenters. The molecule has 8 nitrogen and oxygen atoms in total. The van der Waals surface area contributed by atoms with Crippen molar-refractivity contribution in [1.82, 2.24) is 24.8 Å². The van der Waals surface area contributed by atoms with Crippen molar-refractivity contribution < 1.29 is 14.3 Å². The van der Waals surface area contributed by atoms with Crippen molar-refractivity contribution in [1.29, 1.82) is 0 Å². The summed E-state index contributed by atoms with van der Waals surface area (Å²) in [6.07, 6.45) is 4.48. The largest absolute Gasteiger partial charge is 0.464 e. The molecule has 0 saturated carbocycles. The molecule has 0 atom stereocenters. The minimum Gasteiger partial charge on any atom is -0.464 e. The topological polar surface area (TPSA) is 84.1 Å². The van der Waals surface area contributed by atoms with Gasteiger partial charge < -0.3 is 9.47 Å². The van der Waals surface area contributed by atoms with Gasteiger partial charge in [0.1, 0.15) is 0 Å². The zero-order valence-corrected chi connectivity index (χ0v) is 11.7. The average Bonchev–Trinajstić information content (AvgIpc) is 3.03. The van der Waals surface area contributed by atoms with Crippen molar-refractivity contribution in [2.24, 2.45) is 7.05 Å². The van der Waals surface area contributed by atoms with Crippen molar-refractivity contribution in [2.75, 3.05) is 14.2 Å². The van der Waals surface area contributed by atoms with Crippen LogP contribution in [0.4, 0.5) is 0 Å². The van der Waals surface area contributed by atoms with E-state index in [0.29, 0.717) is 12.2 Å². The number of nitrogens with zero attached hydrogens (tertiary/aromatic N) is 5. The number of aryl methyl sites for hydroxylation is 3. The Labute approximate surface area is 116 Å². The summed E-state index contributed by atoms with van der Waals surface area (Å²) in [5.74, 6) is -0.510. The highest BCUT2D eigenvalue weighted by Crippen LogP contribution is 2.10. The fraction of sp³-hybridized carbons (Fsp3) is 0.500. The summed E-state index contributed by atoms with van der Waals surface area (Å²) in [5, 5.41) is 12.0. The molecular weight excluding hydrogens is 262 g/mol. The molecule has 0 spiro atoms. The highest BCUT2D eigenvalue weighted by molar-refractivity contribution is 5.88. The van der Waals surface area contributed by atoms with Crippen LogP contribution in [-0.4, -0.2) is 45.0 Å². The molecular formula is C12H17N5O3. The van der Waals surface area contributed by atoms with E-state index in [1.165, 1.54) is 7.11 Å². The van der Waals surface area contributed by atoms with Gasteiger partial charge in [0.15, 0.2) is 5.69 Å². The molecule has 0 amide bonds. The van der Waals surface area contributed by atoms with Gasteiger partial charge in [0.25, 0.3) is 0 Å². The van der Waals surface area contributed by atoms with E-state index >= 15 is 0 Å². The SMILES string of the molecule is COCc1c(C(=O)OC)nnn1CCc1cnn(C)c1. The van der Waals surface area contributed by atoms with E-state index in [-0.39, 0.29) is 12.3 Å². The molecule has 0 fully saturated rings. The lowest BCUT2D eigenvalue weighted by atomic mass is 10.2. The number of hydrogen-bond acceptors (Lipinski definition) is 6. The Hall–Kier alpha value is -2.22. The van der Waals surface area contributed by atoms with Crippen LogP contribution in [0, 0.1) is 0 Å². The Kier molecular flexibility index (Phi) is 4.46. The van der Waals surface area contributed by atoms with Crippen molar-refractivity contribution >= 4 is 5.97 Å². The number of methoxy groups -OCH3 is 2. The first-order valence-electron chi connectivity index (χ1n) is 6.12. The quantitative estimate of drug-likeness (QED) is 0.702. The standard InChI is InChI=1S/C12H17N5O3/c1-16-7-9(6-13-16)4-5-17-10(8-19-2)11(14-15-17)12(18)20-3/h6-7H,4-5,8H2,1-3H3. The summed E-state index contributed by atoms with van der Waals surface area (Å²) in [5.41, 5.74) is 1.90. The first-order valence-corrected chi connectivity index (χ1v) is 6.12. The minimum atomic E-state index is -0.510. The molecule has 2 heterocycles. The Balaban J connectivity index is 2.14. The van der Waals surface area contributed by atoms with Crippen LogP contribution in [-0.2, 0) is 36.1 Å². The second-order valence-electron chi connectivity index (χ2n) is 4.30. The van der Waals surface area contributed by atoms with Gasteiger partial charge in [-0.1, -0.05) is 5.21 Å². The van der Waals surface area contributed by atoms with Crippen LogP contribution >= 0.6 is 0 Å². The third-order valence-electron chi connectivity index (χ3n) is 2.87. The van der Waals surface area contributed by atoms with Crippen LogP contribution in [0.25, 0.3) is 0 Å². The summed E-state index contributed by atoms with van der Waals surface area (Å²) in [6.45, 7) is 0.846. The van der Waals surface area contributed by atoms with Gasteiger partial charge in [-0.05, 0) is 12.0 Å². The zero-order chi connectivity index (χ0) is 14.5. The lowest BCUT2D eigenvalue weighted by Gasteiger charge is -2.05. The van der Waals surface area contributed by atoms with E-state index in [0.717, 1.165) is 12.0 Å². The molecule has 0 bridgehead atoms. The summed E-state index contributed by atoms with van der Waals surface area (Å²) in [4.78, 5) is 11.6. The fourth-order valence-electron chi connectivity index (χ4n) is 1.88. The van der Waals surface area contributed by atoms with Gasteiger partial charge in [-0.15, -0.1) is 5.10 Å². The van der Waals surface area contributed by atoms with Gasteiger partial charge >= 0.3 is 5.97 Å². The lowest BCUT2D eigenvalue weighted by molar-refractivity contribution is 0.0588. The number of esters is 1. The second-order valence-corrected chi connectivity index (χ2v) is 4.30. The average molecular weight is 279 g/mol. The molecule has 8 heteroatoms. The lowest BCUT2D eigenvalue weighted by Crippen LogP contribution is -2.11. The monoisotopic (exact) mass is 279 g/mol. The molecule has 108 valence electrons. The number of rotatable bonds is 6.